The number of alkyl halides is 2. The average molecular weight is 361 g/mol. The number of allylic oxidation sites excluding steroid dienone is 1. The zero-order valence-corrected chi connectivity index (χ0v) is 14.0. The van der Waals surface area contributed by atoms with E-state index in [1.807, 2.05) is 41.1 Å². The van der Waals surface area contributed by atoms with E-state index in [0.29, 0.717) is 16.6 Å². The summed E-state index contributed by atoms with van der Waals surface area (Å²) < 4.78 is 29.9. The normalized spacial score (nSPS) is 11.9. The first-order valence-corrected chi connectivity index (χ1v) is 8.13. The van der Waals surface area contributed by atoms with Crippen LogP contribution in [0.3, 0.4) is 0 Å². The van der Waals surface area contributed by atoms with E-state index in [1.54, 1.807) is 42.9 Å². The lowest BCUT2D eigenvalue weighted by Crippen LogP contribution is -2.03. The highest BCUT2D eigenvalue weighted by Crippen LogP contribution is 2.28. The summed E-state index contributed by atoms with van der Waals surface area (Å²) in [5, 5.41) is 9.55. The van der Waals surface area contributed by atoms with E-state index in [0.717, 1.165) is 10.3 Å². The van der Waals surface area contributed by atoms with Crippen LogP contribution in [0.5, 0.6) is 0 Å². The SMILES string of the molecule is N#CC(=Cc1ccc(-n2ccnc2)cc1)c1nc2ccccc2n1C(F)F. The minimum absolute atomic E-state index is 0.0487. The van der Waals surface area contributed by atoms with Crippen molar-refractivity contribution in [2.75, 3.05) is 0 Å². The summed E-state index contributed by atoms with van der Waals surface area (Å²) in [6.07, 6.45) is 6.72. The number of aromatic nitrogens is 4. The number of rotatable bonds is 4. The van der Waals surface area contributed by atoms with Gasteiger partial charge in [0, 0.05) is 18.1 Å². The monoisotopic (exact) mass is 361 g/mol. The van der Waals surface area contributed by atoms with Crippen molar-refractivity contribution in [1.29, 1.82) is 5.26 Å². The third kappa shape index (κ3) is 3.09. The lowest BCUT2D eigenvalue weighted by molar-refractivity contribution is 0.0738. The molecule has 0 aliphatic heterocycles. The molecule has 0 aliphatic carbocycles. The van der Waals surface area contributed by atoms with Gasteiger partial charge in [0.25, 0.3) is 0 Å². The number of nitriles is 1. The molecule has 2 aromatic carbocycles. The molecule has 5 nitrogen and oxygen atoms in total. The molecule has 0 unspecified atom stereocenters. The summed E-state index contributed by atoms with van der Waals surface area (Å²) in [5.41, 5.74) is 2.40. The number of hydrogen-bond acceptors (Lipinski definition) is 3. The molecular weight excluding hydrogens is 348 g/mol. The van der Waals surface area contributed by atoms with Gasteiger partial charge in [-0.05, 0) is 35.9 Å². The fourth-order valence-corrected chi connectivity index (χ4v) is 2.90. The van der Waals surface area contributed by atoms with E-state index < -0.39 is 6.55 Å². The van der Waals surface area contributed by atoms with Gasteiger partial charge in [-0.25, -0.2) is 9.97 Å². The molecule has 0 saturated carbocycles. The molecule has 4 rings (SSSR count). The number of benzene rings is 2. The molecule has 0 saturated heterocycles. The van der Waals surface area contributed by atoms with E-state index in [9.17, 15) is 14.0 Å². The van der Waals surface area contributed by atoms with Crippen molar-refractivity contribution in [1.82, 2.24) is 19.1 Å². The van der Waals surface area contributed by atoms with Crippen LogP contribution in [0.2, 0.25) is 0 Å². The molecule has 2 aromatic heterocycles. The maximum absolute atomic E-state index is 13.6. The number of halogens is 2. The van der Waals surface area contributed by atoms with Gasteiger partial charge in [0.05, 0.1) is 22.9 Å². The van der Waals surface area contributed by atoms with Gasteiger partial charge >= 0.3 is 6.55 Å². The quantitative estimate of drug-likeness (QED) is 0.496. The predicted molar refractivity (Wildman–Crippen MR) is 98.0 cm³/mol. The van der Waals surface area contributed by atoms with Gasteiger partial charge in [-0.1, -0.05) is 24.3 Å². The van der Waals surface area contributed by atoms with Gasteiger partial charge in [-0.2, -0.15) is 14.0 Å². The van der Waals surface area contributed by atoms with Crippen molar-refractivity contribution in [2.24, 2.45) is 0 Å². The maximum Gasteiger partial charge on any atom is 0.320 e. The second-order valence-corrected chi connectivity index (χ2v) is 5.80. The highest BCUT2D eigenvalue weighted by Gasteiger charge is 2.20. The van der Waals surface area contributed by atoms with Gasteiger partial charge in [0.1, 0.15) is 6.07 Å². The largest absolute Gasteiger partial charge is 0.320 e. The Morgan fingerprint density at radius 2 is 1.89 bits per heavy atom. The summed E-state index contributed by atoms with van der Waals surface area (Å²) >= 11 is 0. The Bertz CT molecular complexity index is 1150. The Morgan fingerprint density at radius 3 is 2.56 bits per heavy atom. The van der Waals surface area contributed by atoms with Gasteiger partial charge < -0.3 is 4.57 Å². The molecule has 0 radical (unpaired) electrons. The molecule has 4 aromatic rings. The van der Waals surface area contributed by atoms with Crippen molar-refractivity contribution < 1.29 is 8.78 Å². The Hall–Kier alpha value is -3.79. The van der Waals surface area contributed by atoms with Crippen LogP contribution in [0.15, 0.2) is 67.3 Å². The summed E-state index contributed by atoms with van der Waals surface area (Å²) in [5.74, 6) is -0.0487. The van der Waals surface area contributed by atoms with Crippen LogP contribution < -0.4 is 0 Å². The van der Waals surface area contributed by atoms with E-state index in [2.05, 4.69) is 9.97 Å². The van der Waals surface area contributed by atoms with Crippen LogP contribution >= 0.6 is 0 Å². The predicted octanol–water partition coefficient (Wildman–Crippen LogP) is 4.68. The molecule has 0 fully saturated rings. The maximum atomic E-state index is 13.6. The lowest BCUT2D eigenvalue weighted by atomic mass is 10.1. The van der Waals surface area contributed by atoms with Crippen molar-refractivity contribution in [2.45, 2.75) is 6.55 Å². The highest BCUT2D eigenvalue weighted by molar-refractivity contribution is 5.91. The third-order valence-electron chi connectivity index (χ3n) is 4.16. The minimum atomic E-state index is -2.80. The van der Waals surface area contributed by atoms with Crippen LogP contribution in [0, 0.1) is 11.3 Å². The average Bonchev–Trinajstić information content (AvgIpc) is 3.34. The van der Waals surface area contributed by atoms with E-state index in [4.69, 9.17) is 0 Å². The zero-order valence-electron chi connectivity index (χ0n) is 14.0. The first kappa shape index (κ1) is 16.7. The number of imidazole rings is 2. The Balaban J connectivity index is 1.77. The molecular formula is C20H13F2N5. The summed E-state index contributed by atoms with van der Waals surface area (Å²) in [6, 6.07) is 15.9. The molecule has 0 amide bonds. The van der Waals surface area contributed by atoms with Crippen molar-refractivity contribution >= 4 is 22.7 Å². The third-order valence-corrected chi connectivity index (χ3v) is 4.16. The summed E-state index contributed by atoms with van der Waals surface area (Å²) in [4.78, 5) is 8.23. The fraction of sp³-hybridized carbons (Fsp3) is 0.0500. The smallest absolute Gasteiger partial charge is 0.306 e. The lowest BCUT2D eigenvalue weighted by Gasteiger charge is -2.07. The van der Waals surface area contributed by atoms with Crippen LogP contribution in [-0.4, -0.2) is 19.1 Å². The molecule has 0 bridgehead atoms. The van der Waals surface area contributed by atoms with Gasteiger partial charge in [0.15, 0.2) is 5.82 Å². The van der Waals surface area contributed by atoms with Crippen LogP contribution in [0.1, 0.15) is 17.9 Å². The molecule has 0 atom stereocenters. The Morgan fingerprint density at radius 1 is 1.11 bits per heavy atom. The van der Waals surface area contributed by atoms with Crippen molar-refractivity contribution in [3.63, 3.8) is 0 Å². The van der Waals surface area contributed by atoms with Crippen LogP contribution in [0.4, 0.5) is 8.78 Å². The van der Waals surface area contributed by atoms with E-state index in [-0.39, 0.29) is 11.4 Å². The Labute approximate surface area is 153 Å². The van der Waals surface area contributed by atoms with E-state index >= 15 is 0 Å². The molecule has 2 heterocycles. The molecule has 7 heteroatoms. The minimum Gasteiger partial charge on any atom is -0.306 e. The Kier molecular flexibility index (Phi) is 4.22. The molecule has 27 heavy (non-hydrogen) atoms. The number of hydrogen-bond donors (Lipinski definition) is 0. The molecule has 132 valence electrons. The van der Waals surface area contributed by atoms with Gasteiger partial charge in [-0.3, -0.25) is 4.57 Å². The van der Waals surface area contributed by atoms with Crippen LogP contribution in [0.25, 0.3) is 28.4 Å². The summed E-state index contributed by atoms with van der Waals surface area (Å²) in [7, 11) is 0. The number of nitrogens with zero attached hydrogens (tertiary/aromatic N) is 5. The standard InChI is InChI=1S/C20H13F2N5/c21-20(22)27-18-4-2-1-3-17(18)25-19(27)15(12-23)11-14-5-7-16(8-6-14)26-10-9-24-13-26/h1-11,13,20H. The van der Waals surface area contributed by atoms with Crippen molar-refractivity contribution in [3.05, 3.63) is 78.6 Å². The first-order chi connectivity index (χ1) is 13.2. The first-order valence-electron chi connectivity index (χ1n) is 8.13. The second-order valence-electron chi connectivity index (χ2n) is 5.80. The van der Waals surface area contributed by atoms with Gasteiger partial charge in [0.2, 0.25) is 0 Å². The van der Waals surface area contributed by atoms with E-state index in [1.165, 1.54) is 0 Å². The molecule has 0 N–H and O–H groups in total. The molecule has 0 aliphatic rings. The second kappa shape index (κ2) is 6.84. The summed E-state index contributed by atoms with van der Waals surface area (Å²) in [6.45, 7) is -2.80. The zero-order chi connectivity index (χ0) is 18.8. The molecule has 0 spiro atoms. The highest BCUT2D eigenvalue weighted by atomic mass is 19.3. The number of para-hydroxylation sites is 2. The van der Waals surface area contributed by atoms with Crippen LogP contribution in [-0.2, 0) is 0 Å². The fourth-order valence-electron chi connectivity index (χ4n) is 2.90. The topological polar surface area (TPSA) is 59.4 Å². The van der Waals surface area contributed by atoms with Gasteiger partial charge in [-0.15, -0.1) is 0 Å². The number of fused-ring (bicyclic) bond motifs is 1. The van der Waals surface area contributed by atoms with Crippen molar-refractivity contribution in [3.8, 4) is 11.8 Å².